The standard InChI is InChI=1S/C14H25N3/c1-5-11-7-6-10-16-13(11)12(17-15)8-9-14(2,3)4/h6-7,10,12,17H,5,8-9,15H2,1-4H3. The van der Waals surface area contributed by atoms with E-state index in [2.05, 4.69) is 44.2 Å². The molecule has 0 aliphatic rings. The summed E-state index contributed by atoms with van der Waals surface area (Å²) in [5.41, 5.74) is 5.61. The van der Waals surface area contributed by atoms with Gasteiger partial charge in [0.25, 0.3) is 0 Å². The minimum atomic E-state index is 0.158. The van der Waals surface area contributed by atoms with E-state index in [0.29, 0.717) is 5.41 Å². The van der Waals surface area contributed by atoms with Crippen molar-refractivity contribution in [3.8, 4) is 0 Å². The van der Waals surface area contributed by atoms with Crippen molar-refractivity contribution in [1.29, 1.82) is 0 Å². The Morgan fingerprint density at radius 3 is 2.65 bits per heavy atom. The molecule has 3 nitrogen and oxygen atoms in total. The van der Waals surface area contributed by atoms with Gasteiger partial charge >= 0.3 is 0 Å². The Bertz CT molecular complexity index is 342. The van der Waals surface area contributed by atoms with E-state index in [1.165, 1.54) is 5.56 Å². The minimum Gasteiger partial charge on any atom is -0.271 e. The normalized spacial score (nSPS) is 13.7. The quantitative estimate of drug-likeness (QED) is 0.609. The van der Waals surface area contributed by atoms with Crippen LogP contribution in [0.4, 0.5) is 0 Å². The van der Waals surface area contributed by atoms with Crippen LogP contribution in [0.25, 0.3) is 0 Å². The predicted octanol–water partition coefficient (Wildman–Crippen LogP) is 2.97. The number of pyridine rings is 1. The monoisotopic (exact) mass is 235 g/mol. The number of aryl methyl sites for hydroxylation is 1. The number of nitrogens with two attached hydrogens (primary N) is 1. The van der Waals surface area contributed by atoms with Gasteiger partial charge in [0.15, 0.2) is 0 Å². The molecule has 1 rings (SSSR count). The number of nitrogens with zero attached hydrogens (tertiary/aromatic N) is 1. The lowest BCUT2D eigenvalue weighted by atomic mass is 9.87. The van der Waals surface area contributed by atoms with Gasteiger partial charge in [0, 0.05) is 6.20 Å². The molecule has 0 radical (unpaired) electrons. The molecule has 0 aliphatic carbocycles. The molecule has 1 heterocycles. The van der Waals surface area contributed by atoms with Gasteiger partial charge in [0.05, 0.1) is 11.7 Å². The summed E-state index contributed by atoms with van der Waals surface area (Å²) >= 11 is 0. The number of rotatable bonds is 5. The Labute approximate surface area is 105 Å². The number of hydrogen-bond acceptors (Lipinski definition) is 3. The molecule has 0 aliphatic heterocycles. The molecule has 0 saturated heterocycles. The van der Waals surface area contributed by atoms with Gasteiger partial charge in [-0.15, -0.1) is 0 Å². The second kappa shape index (κ2) is 6.12. The number of aromatic nitrogens is 1. The van der Waals surface area contributed by atoms with Crippen molar-refractivity contribution in [3.63, 3.8) is 0 Å². The van der Waals surface area contributed by atoms with Crippen molar-refractivity contribution < 1.29 is 0 Å². The van der Waals surface area contributed by atoms with Crippen LogP contribution in [0, 0.1) is 5.41 Å². The summed E-state index contributed by atoms with van der Waals surface area (Å²) < 4.78 is 0. The highest BCUT2D eigenvalue weighted by molar-refractivity contribution is 5.22. The van der Waals surface area contributed by atoms with Crippen LogP contribution in [0.1, 0.15) is 57.8 Å². The van der Waals surface area contributed by atoms with Crippen LogP contribution in [0.15, 0.2) is 18.3 Å². The predicted molar refractivity (Wildman–Crippen MR) is 72.4 cm³/mol. The van der Waals surface area contributed by atoms with Crippen molar-refractivity contribution in [2.75, 3.05) is 0 Å². The third kappa shape index (κ3) is 4.44. The minimum absolute atomic E-state index is 0.158. The second-order valence-electron chi connectivity index (χ2n) is 5.72. The Morgan fingerprint density at radius 2 is 2.12 bits per heavy atom. The van der Waals surface area contributed by atoms with Crippen LogP contribution in [-0.4, -0.2) is 4.98 Å². The molecule has 1 unspecified atom stereocenters. The van der Waals surface area contributed by atoms with Gasteiger partial charge in [-0.1, -0.05) is 33.8 Å². The molecule has 3 N–H and O–H groups in total. The molecule has 0 bridgehead atoms. The smallest absolute Gasteiger partial charge is 0.0635 e. The van der Waals surface area contributed by atoms with E-state index < -0.39 is 0 Å². The molecule has 17 heavy (non-hydrogen) atoms. The molecule has 0 amide bonds. The first-order valence-corrected chi connectivity index (χ1v) is 6.38. The molecule has 0 aromatic carbocycles. The van der Waals surface area contributed by atoms with Gasteiger partial charge < -0.3 is 0 Å². The van der Waals surface area contributed by atoms with Gasteiger partial charge in [-0.3, -0.25) is 16.3 Å². The number of nitrogens with one attached hydrogen (secondary N) is 1. The van der Waals surface area contributed by atoms with Crippen molar-refractivity contribution >= 4 is 0 Å². The molecule has 96 valence electrons. The van der Waals surface area contributed by atoms with Crippen LogP contribution >= 0.6 is 0 Å². The molecular weight excluding hydrogens is 210 g/mol. The number of hydrazine groups is 1. The van der Waals surface area contributed by atoms with Crippen molar-refractivity contribution in [3.05, 3.63) is 29.6 Å². The fourth-order valence-electron chi connectivity index (χ4n) is 1.94. The Balaban J connectivity index is 2.79. The van der Waals surface area contributed by atoms with Gasteiger partial charge in [-0.05, 0) is 36.3 Å². The molecule has 1 aromatic heterocycles. The molecule has 1 atom stereocenters. The van der Waals surface area contributed by atoms with Crippen LogP contribution in [-0.2, 0) is 6.42 Å². The highest BCUT2D eigenvalue weighted by atomic mass is 15.2. The second-order valence-corrected chi connectivity index (χ2v) is 5.72. The highest BCUT2D eigenvalue weighted by Crippen LogP contribution is 2.27. The van der Waals surface area contributed by atoms with Crippen LogP contribution in [0.2, 0.25) is 0 Å². The van der Waals surface area contributed by atoms with Gasteiger partial charge in [0.2, 0.25) is 0 Å². The fourth-order valence-corrected chi connectivity index (χ4v) is 1.94. The van der Waals surface area contributed by atoms with E-state index in [1.807, 2.05) is 12.3 Å². The summed E-state index contributed by atoms with van der Waals surface area (Å²) in [6.45, 7) is 8.90. The van der Waals surface area contributed by atoms with E-state index in [-0.39, 0.29) is 6.04 Å². The molecule has 1 aromatic rings. The number of hydrogen-bond donors (Lipinski definition) is 2. The van der Waals surface area contributed by atoms with E-state index in [9.17, 15) is 0 Å². The first-order valence-electron chi connectivity index (χ1n) is 6.38. The third-order valence-corrected chi connectivity index (χ3v) is 3.02. The summed E-state index contributed by atoms with van der Waals surface area (Å²) in [6.07, 6.45) is 4.98. The van der Waals surface area contributed by atoms with E-state index >= 15 is 0 Å². The lowest BCUT2D eigenvalue weighted by Crippen LogP contribution is -2.30. The zero-order valence-electron chi connectivity index (χ0n) is 11.5. The maximum Gasteiger partial charge on any atom is 0.0635 e. The first kappa shape index (κ1) is 14.1. The van der Waals surface area contributed by atoms with E-state index in [4.69, 9.17) is 5.84 Å². The van der Waals surface area contributed by atoms with Crippen LogP contribution < -0.4 is 11.3 Å². The summed E-state index contributed by atoms with van der Waals surface area (Å²) in [6, 6.07) is 4.27. The maximum atomic E-state index is 5.67. The highest BCUT2D eigenvalue weighted by Gasteiger charge is 2.18. The zero-order valence-corrected chi connectivity index (χ0v) is 11.5. The third-order valence-electron chi connectivity index (χ3n) is 3.02. The maximum absolute atomic E-state index is 5.67. The zero-order chi connectivity index (χ0) is 12.9. The first-order chi connectivity index (χ1) is 7.98. The van der Waals surface area contributed by atoms with Crippen molar-refractivity contribution in [2.45, 2.75) is 53.0 Å². The average molecular weight is 235 g/mol. The van der Waals surface area contributed by atoms with Crippen LogP contribution in [0.3, 0.4) is 0 Å². The SMILES string of the molecule is CCc1cccnc1C(CCC(C)(C)C)NN. The van der Waals surface area contributed by atoms with Gasteiger partial charge in [-0.25, -0.2) is 0 Å². The Kier molecular flexibility index (Phi) is 5.09. The van der Waals surface area contributed by atoms with Crippen molar-refractivity contribution in [2.24, 2.45) is 11.3 Å². The molecular formula is C14H25N3. The fraction of sp³-hybridized carbons (Fsp3) is 0.643. The summed E-state index contributed by atoms with van der Waals surface area (Å²) in [7, 11) is 0. The molecule has 3 heteroatoms. The average Bonchev–Trinajstić information content (AvgIpc) is 2.29. The van der Waals surface area contributed by atoms with Gasteiger partial charge in [0.1, 0.15) is 0 Å². The largest absolute Gasteiger partial charge is 0.271 e. The molecule has 0 spiro atoms. The Morgan fingerprint density at radius 1 is 1.41 bits per heavy atom. The van der Waals surface area contributed by atoms with E-state index in [0.717, 1.165) is 25.0 Å². The molecule has 0 fully saturated rings. The lowest BCUT2D eigenvalue weighted by molar-refractivity contribution is 0.330. The summed E-state index contributed by atoms with van der Waals surface area (Å²) in [4.78, 5) is 4.48. The summed E-state index contributed by atoms with van der Waals surface area (Å²) in [5.74, 6) is 5.67. The topological polar surface area (TPSA) is 50.9 Å². The van der Waals surface area contributed by atoms with Gasteiger partial charge in [-0.2, -0.15) is 0 Å². The lowest BCUT2D eigenvalue weighted by Gasteiger charge is -2.23. The summed E-state index contributed by atoms with van der Waals surface area (Å²) in [5, 5.41) is 0. The van der Waals surface area contributed by atoms with E-state index in [1.54, 1.807) is 0 Å². The molecule has 0 saturated carbocycles. The van der Waals surface area contributed by atoms with Crippen molar-refractivity contribution in [1.82, 2.24) is 10.4 Å². The Hall–Kier alpha value is -0.930. The van der Waals surface area contributed by atoms with Crippen LogP contribution in [0.5, 0.6) is 0 Å².